The highest BCUT2D eigenvalue weighted by molar-refractivity contribution is 7.80. The number of fused-ring (bicyclic) bond motifs is 1. The maximum absolute atomic E-state index is 12.6. The summed E-state index contributed by atoms with van der Waals surface area (Å²) in [6, 6.07) is 5.90. The summed E-state index contributed by atoms with van der Waals surface area (Å²) in [6.45, 7) is 8.08. The Bertz CT molecular complexity index is 663. The second kappa shape index (κ2) is 8.58. The number of hydrogen-bond donors (Lipinski definition) is 1. The van der Waals surface area contributed by atoms with Gasteiger partial charge in [-0.2, -0.15) is 0 Å². The lowest BCUT2D eigenvalue weighted by atomic mass is 9.96. The van der Waals surface area contributed by atoms with Crippen LogP contribution in [0.1, 0.15) is 32.3 Å². The smallest absolute Gasteiger partial charge is 0.231 e. The molecule has 7 heteroatoms. The molecule has 1 aromatic carbocycles. The van der Waals surface area contributed by atoms with Crippen LogP contribution >= 0.6 is 12.2 Å². The molecule has 2 heterocycles. The first-order valence-corrected chi connectivity index (χ1v) is 9.73. The molecule has 1 atom stereocenters. The summed E-state index contributed by atoms with van der Waals surface area (Å²) in [6.07, 6.45) is 1.93. The molecule has 0 aromatic heterocycles. The van der Waals surface area contributed by atoms with Gasteiger partial charge in [0.25, 0.3) is 0 Å². The van der Waals surface area contributed by atoms with Gasteiger partial charge >= 0.3 is 0 Å². The Morgan fingerprint density at radius 2 is 2.08 bits per heavy atom. The van der Waals surface area contributed by atoms with Crippen molar-refractivity contribution in [3.05, 3.63) is 23.8 Å². The molecule has 1 fully saturated rings. The Morgan fingerprint density at radius 1 is 1.31 bits per heavy atom. The molecular formula is C19H27N3O3S. The van der Waals surface area contributed by atoms with Crippen molar-refractivity contribution < 1.29 is 14.3 Å². The van der Waals surface area contributed by atoms with Gasteiger partial charge in [-0.25, -0.2) is 0 Å². The molecule has 0 spiro atoms. The summed E-state index contributed by atoms with van der Waals surface area (Å²) in [7, 11) is 0. The molecule has 0 bridgehead atoms. The highest BCUT2D eigenvalue weighted by Gasteiger charge is 2.29. The maximum Gasteiger partial charge on any atom is 0.231 e. The Labute approximate surface area is 160 Å². The van der Waals surface area contributed by atoms with Crippen LogP contribution in [0, 0.1) is 5.92 Å². The zero-order valence-corrected chi connectivity index (χ0v) is 16.3. The minimum atomic E-state index is 0.0361. The average molecular weight is 378 g/mol. The first kappa shape index (κ1) is 18.8. The van der Waals surface area contributed by atoms with Crippen LogP contribution in [0.2, 0.25) is 0 Å². The van der Waals surface area contributed by atoms with E-state index in [0.717, 1.165) is 49.5 Å². The molecule has 3 rings (SSSR count). The predicted octanol–water partition coefficient (Wildman–Crippen LogP) is 2.37. The van der Waals surface area contributed by atoms with Gasteiger partial charge in [-0.3, -0.25) is 4.79 Å². The van der Waals surface area contributed by atoms with E-state index in [1.54, 1.807) is 0 Å². The minimum absolute atomic E-state index is 0.0361. The molecule has 26 heavy (non-hydrogen) atoms. The van der Waals surface area contributed by atoms with Crippen molar-refractivity contribution >= 4 is 23.2 Å². The lowest BCUT2D eigenvalue weighted by Gasteiger charge is -2.36. The summed E-state index contributed by atoms with van der Waals surface area (Å²) >= 11 is 5.57. The van der Waals surface area contributed by atoms with E-state index >= 15 is 0 Å². The van der Waals surface area contributed by atoms with Crippen LogP contribution in [0.15, 0.2) is 18.2 Å². The molecule has 142 valence electrons. The summed E-state index contributed by atoms with van der Waals surface area (Å²) in [5.74, 6) is 1.84. The number of likely N-dealkylation sites (tertiary alicyclic amines) is 1. The van der Waals surface area contributed by atoms with Crippen molar-refractivity contribution in [3.8, 4) is 11.5 Å². The van der Waals surface area contributed by atoms with E-state index in [0.29, 0.717) is 18.2 Å². The number of amides is 1. The van der Waals surface area contributed by atoms with Gasteiger partial charge in [-0.15, -0.1) is 0 Å². The van der Waals surface area contributed by atoms with Crippen molar-refractivity contribution in [2.45, 2.75) is 33.2 Å². The fourth-order valence-corrected chi connectivity index (χ4v) is 3.74. The van der Waals surface area contributed by atoms with Crippen molar-refractivity contribution in [3.63, 3.8) is 0 Å². The van der Waals surface area contributed by atoms with E-state index in [1.165, 1.54) is 0 Å². The van der Waals surface area contributed by atoms with E-state index < -0.39 is 0 Å². The predicted molar refractivity (Wildman–Crippen MR) is 104 cm³/mol. The lowest BCUT2D eigenvalue weighted by molar-refractivity contribution is -0.136. The highest BCUT2D eigenvalue weighted by atomic mass is 32.1. The number of hydrogen-bond acceptors (Lipinski definition) is 4. The quantitative estimate of drug-likeness (QED) is 0.795. The van der Waals surface area contributed by atoms with Gasteiger partial charge in [0.2, 0.25) is 12.7 Å². The van der Waals surface area contributed by atoms with Crippen molar-refractivity contribution in [1.29, 1.82) is 0 Å². The van der Waals surface area contributed by atoms with E-state index in [9.17, 15) is 4.79 Å². The number of rotatable bonds is 5. The van der Waals surface area contributed by atoms with Gasteiger partial charge in [-0.05, 0) is 56.6 Å². The molecule has 1 amide bonds. The summed E-state index contributed by atoms with van der Waals surface area (Å²) in [5.41, 5.74) is 1.09. The molecule has 6 nitrogen and oxygen atoms in total. The zero-order valence-electron chi connectivity index (χ0n) is 15.5. The Hall–Kier alpha value is -2.02. The maximum atomic E-state index is 12.6. The second-order valence-corrected chi connectivity index (χ2v) is 7.03. The van der Waals surface area contributed by atoms with Crippen molar-refractivity contribution in [2.24, 2.45) is 5.92 Å². The Balaban J connectivity index is 1.53. The van der Waals surface area contributed by atoms with Crippen molar-refractivity contribution in [2.75, 3.05) is 33.0 Å². The topological polar surface area (TPSA) is 54.0 Å². The van der Waals surface area contributed by atoms with Crippen LogP contribution in [0.3, 0.4) is 0 Å². The van der Waals surface area contributed by atoms with Gasteiger partial charge in [0.05, 0.1) is 5.92 Å². The third kappa shape index (κ3) is 4.20. The lowest BCUT2D eigenvalue weighted by Crippen LogP contribution is -2.49. The number of carbonyl (C=O) groups excluding carboxylic acids is 1. The van der Waals surface area contributed by atoms with Crippen LogP contribution in [0.5, 0.6) is 11.5 Å². The number of ether oxygens (including phenoxy) is 2. The Kier molecular flexibility index (Phi) is 6.19. The summed E-state index contributed by atoms with van der Waals surface area (Å²) in [4.78, 5) is 16.7. The van der Waals surface area contributed by atoms with Crippen LogP contribution in [0.4, 0.5) is 0 Å². The summed E-state index contributed by atoms with van der Waals surface area (Å²) < 4.78 is 10.7. The molecule has 2 aliphatic rings. The highest BCUT2D eigenvalue weighted by Crippen LogP contribution is 2.32. The Morgan fingerprint density at radius 3 is 2.85 bits per heavy atom. The van der Waals surface area contributed by atoms with E-state index in [1.807, 2.05) is 36.9 Å². The average Bonchev–Trinajstić information content (AvgIpc) is 3.15. The standard InChI is InChI=1S/C19H27N3O3S/c1-3-21(4-2)18(23)15-6-5-9-22(12-15)19(26)20-11-14-7-8-16-17(10-14)25-13-24-16/h7-8,10,15H,3-6,9,11-13H2,1-2H3,(H,20,26). The number of carbonyl (C=O) groups is 1. The minimum Gasteiger partial charge on any atom is -0.454 e. The summed E-state index contributed by atoms with van der Waals surface area (Å²) in [5, 5.41) is 4.02. The zero-order chi connectivity index (χ0) is 18.5. The molecule has 0 aliphatic carbocycles. The van der Waals surface area contributed by atoms with Gasteiger partial charge in [-0.1, -0.05) is 6.07 Å². The molecular weight excluding hydrogens is 350 g/mol. The second-order valence-electron chi connectivity index (χ2n) is 6.64. The van der Waals surface area contributed by atoms with E-state index in [-0.39, 0.29) is 18.6 Å². The van der Waals surface area contributed by atoms with Crippen LogP contribution in [0.25, 0.3) is 0 Å². The molecule has 1 N–H and O–H groups in total. The molecule has 1 aromatic rings. The fraction of sp³-hybridized carbons (Fsp3) is 0.579. The van der Waals surface area contributed by atoms with E-state index in [4.69, 9.17) is 21.7 Å². The SMILES string of the molecule is CCN(CC)C(=O)C1CCCN(C(=S)NCc2ccc3c(c2)OCO3)C1. The number of nitrogens with zero attached hydrogens (tertiary/aromatic N) is 2. The fourth-order valence-electron chi connectivity index (χ4n) is 3.50. The van der Waals surface area contributed by atoms with Gasteiger partial charge in [0, 0.05) is 32.7 Å². The molecule has 1 saturated heterocycles. The van der Waals surface area contributed by atoms with Crippen LogP contribution < -0.4 is 14.8 Å². The molecule has 1 unspecified atom stereocenters. The number of piperidine rings is 1. The number of benzene rings is 1. The van der Waals surface area contributed by atoms with Crippen LogP contribution in [-0.2, 0) is 11.3 Å². The number of nitrogens with one attached hydrogen (secondary N) is 1. The van der Waals surface area contributed by atoms with E-state index in [2.05, 4.69) is 10.2 Å². The number of thiocarbonyl (C=S) groups is 1. The van der Waals surface area contributed by atoms with Gasteiger partial charge in [0.1, 0.15) is 0 Å². The third-order valence-corrected chi connectivity index (χ3v) is 5.42. The van der Waals surface area contributed by atoms with Crippen molar-refractivity contribution in [1.82, 2.24) is 15.1 Å². The molecule has 2 aliphatic heterocycles. The normalized spacial score (nSPS) is 18.5. The van der Waals surface area contributed by atoms with Crippen LogP contribution in [-0.4, -0.2) is 53.8 Å². The van der Waals surface area contributed by atoms with Gasteiger partial charge in [0.15, 0.2) is 16.6 Å². The largest absolute Gasteiger partial charge is 0.454 e. The third-order valence-electron chi connectivity index (χ3n) is 5.01. The molecule has 0 radical (unpaired) electrons. The first-order valence-electron chi connectivity index (χ1n) is 9.32. The first-order chi connectivity index (χ1) is 12.6. The molecule has 0 saturated carbocycles. The van der Waals surface area contributed by atoms with Gasteiger partial charge < -0.3 is 24.6 Å². The monoisotopic (exact) mass is 377 g/mol.